The number of benzene rings is 6. The van der Waals surface area contributed by atoms with Gasteiger partial charge in [-0.2, -0.15) is 0 Å². The van der Waals surface area contributed by atoms with Gasteiger partial charge >= 0.3 is 0 Å². The summed E-state index contributed by atoms with van der Waals surface area (Å²) in [5.41, 5.74) is 13.9. The third kappa shape index (κ3) is 12.7. The molecule has 0 saturated carbocycles. The molecule has 0 fully saturated rings. The molecule has 0 unspecified atom stereocenters. The Balaban J connectivity index is 0.000000293. The molecule has 6 rings (SSSR count). The van der Waals surface area contributed by atoms with E-state index in [1.165, 1.54) is 23.3 Å². The van der Waals surface area contributed by atoms with Gasteiger partial charge in [0.2, 0.25) is 0 Å². The lowest BCUT2D eigenvalue weighted by atomic mass is 9.89. The molecule has 0 aliphatic heterocycles. The zero-order valence-corrected chi connectivity index (χ0v) is 31.3. The van der Waals surface area contributed by atoms with E-state index in [0.717, 1.165) is 49.0 Å². The Morgan fingerprint density at radius 2 is 0.944 bits per heavy atom. The maximum Gasteiger partial charge on any atom is 0.251 e. The van der Waals surface area contributed by atoms with Gasteiger partial charge in [-0.1, -0.05) is 140 Å². The Morgan fingerprint density at radius 1 is 0.519 bits per heavy atom. The molecule has 278 valence electrons. The molecule has 6 aromatic carbocycles. The first-order valence-electron chi connectivity index (χ1n) is 18.7. The first kappa shape index (κ1) is 40.9. The highest BCUT2D eigenvalue weighted by Gasteiger charge is 2.20. The lowest BCUT2D eigenvalue weighted by molar-refractivity contribution is -0.367. The van der Waals surface area contributed by atoms with Gasteiger partial charge in [0.25, 0.3) is 5.91 Å². The highest BCUT2D eigenvalue weighted by Crippen LogP contribution is 2.31. The van der Waals surface area contributed by atoms with E-state index in [9.17, 15) is 19.5 Å². The van der Waals surface area contributed by atoms with E-state index in [1.54, 1.807) is 12.1 Å². The number of rotatable bonds is 14. The molecule has 0 atom stereocenters. The van der Waals surface area contributed by atoms with Crippen LogP contribution in [0.3, 0.4) is 0 Å². The number of carboxylic acids is 1. The number of fused-ring (bicyclic) bond motifs is 1. The second kappa shape index (κ2) is 22.2. The van der Waals surface area contributed by atoms with Crippen molar-refractivity contribution in [2.45, 2.75) is 45.4 Å². The van der Waals surface area contributed by atoms with Crippen molar-refractivity contribution in [1.82, 2.24) is 5.32 Å². The third-order valence-electron chi connectivity index (χ3n) is 9.00. The Bertz CT molecular complexity index is 2010. The summed E-state index contributed by atoms with van der Waals surface area (Å²) in [7, 11) is 0. The zero-order chi connectivity index (χ0) is 38.5. The molecule has 0 bridgehead atoms. The number of aryl methyl sites for hydroxylation is 2. The standard InChI is InChI=1S/C31H29NO4.2C8H11N/c1-21-15-16-24(27(33)14-8-13-22-9-4-2-5-10-22)29-26(31(35)36)18-17-25(28(21)29)30(34)32-20-19-23-11-6-3-7-12-23;2*9-7-6-8-4-2-1-3-5-8/h2-7,9-12,15-18H,8,13-14,19-20H2,1H3,(H,32,34)(H,35,36);2*1-5H,6-7,9H2/p+1. The van der Waals surface area contributed by atoms with Gasteiger partial charge in [0.1, 0.15) is 0 Å². The smallest absolute Gasteiger partial charge is 0.251 e. The van der Waals surface area contributed by atoms with Gasteiger partial charge in [0.05, 0.1) is 19.1 Å². The van der Waals surface area contributed by atoms with Gasteiger partial charge in [-0.3, -0.25) is 9.59 Å². The fraction of sp³-hybridized carbons (Fsp3) is 0.213. The molecular weight excluding hydrogens is 671 g/mol. The molecular formula is C47H52N3O4+. The molecule has 54 heavy (non-hydrogen) atoms. The predicted octanol–water partition coefficient (Wildman–Crippen LogP) is 5.63. The van der Waals surface area contributed by atoms with E-state index in [-0.39, 0.29) is 29.1 Å². The Labute approximate surface area is 319 Å². The molecule has 7 heteroatoms. The van der Waals surface area contributed by atoms with Crippen LogP contribution in [0.1, 0.15) is 71.7 Å². The predicted molar refractivity (Wildman–Crippen MR) is 215 cm³/mol. The summed E-state index contributed by atoms with van der Waals surface area (Å²) in [5.74, 6) is -1.84. The first-order valence-corrected chi connectivity index (χ1v) is 18.7. The molecule has 0 saturated heterocycles. The molecule has 0 aliphatic carbocycles. The summed E-state index contributed by atoms with van der Waals surface area (Å²) >= 11 is 0. The van der Waals surface area contributed by atoms with Crippen LogP contribution in [0.2, 0.25) is 0 Å². The Morgan fingerprint density at radius 3 is 1.41 bits per heavy atom. The second-order valence-corrected chi connectivity index (χ2v) is 13.1. The number of carboxylic acid groups (broad SMARTS) is 1. The van der Waals surface area contributed by atoms with Crippen molar-refractivity contribution in [3.8, 4) is 0 Å². The lowest BCUT2D eigenvalue weighted by Gasteiger charge is -2.17. The fourth-order valence-electron chi connectivity index (χ4n) is 6.25. The van der Waals surface area contributed by atoms with Crippen LogP contribution >= 0.6 is 0 Å². The SMILES string of the molecule is Cc1ccc(C(=O)CCCc2ccccc2)c2c(C(=O)[O-])ccc(C(=O)NCCc3ccccc3)c12.[NH3+]CCc1ccccc1.[NH3+]CCc1ccccc1. The van der Waals surface area contributed by atoms with Crippen molar-refractivity contribution in [1.29, 1.82) is 0 Å². The maximum atomic E-state index is 13.2. The van der Waals surface area contributed by atoms with Crippen molar-refractivity contribution in [2.75, 3.05) is 19.6 Å². The summed E-state index contributed by atoms with van der Waals surface area (Å²) in [6, 6.07) is 46.9. The molecule has 1 amide bonds. The number of nitrogens with one attached hydrogen (secondary N) is 1. The Hall–Kier alpha value is -5.89. The van der Waals surface area contributed by atoms with Crippen molar-refractivity contribution < 1.29 is 31.0 Å². The number of hydrogen-bond acceptors (Lipinski definition) is 4. The van der Waals surface area contributed by atoms with Crippen LogP contribution in [0.25, 0.3) is 10.8 Å². The van der Waals surface area contributed by atoms with Crippen molar-refractivity contribution in [2.24, 2.45) is 0 Å². The van der Waals surface area contributed by atoms with Crippen LogP contribution in [0.4, 0.5) is 0 Å². The number of amides is 1. The molecule has 0 spiro atoms. The van der Waals surface area contributed by atoms with E-state index < -0.39 is 5.97 Å². The summed E-state index contributed by atoms with van der Waals surface area (Å²) in [4.78, 5) is 38.4. The number of carbonyl (C=O) groups is 3. The van der Waals surface area contributed by atoms with Crippen LogP contribution in [0.5, 0.6) is 0 Å². The van der Waals surface area contributed by atoms with Crippen LogP contribution in [-0.4, -0.2) is 37.3 Å². The van der Waals surface area contributed by atoms with Crippen LogP contribution in [0.15, 0.2) is 146 Å². The monoisotopic (exact) mass is 722 g/mol. The third-order valence-corrected chi connectivity index (χ3v) is 9.00. The van der Waals surface area contributed by atoms with E-state index in [1.807, 2.05) is 79.7 Å². The van der Waals surface area contributed by atoms with Crippen LogP contribution < -0.4 is 21.9 Å². The van der Waals surface area contributed by atoms with Gasteiger partial charge in [0.15, 0.2) is 5.78 Å². The minimum atomic E-state index is -1.38. The molecule has 0 aliphatic rings. The van der Waals surface area contributed by atoms with E-state index in [4.69, 9.17) is 0 Å². The highest BCUT2D eigenvalue weighted by molar-refractivity contribution is 6.20. The number of quaternary nitrogens is 2. The number of ketones is 1. The van der Waals surface area contributed by atoms with Gasteiger partial charge < -0.3 is 26.7 Å². The molecule has 0 radical (unpaired) electrons. The summed E-state index contributed by atoms with van der Waals surface area (Å²) in [6.45, 7) is 4.23. The maximum absolute atomic E-state index is 13.2. The van der Waals surface area contributed by atoms with E-state index >= 15 is 0 Å². The number of carbonyl (C=O) groups excluding carboxylic acids is 3. The fourth-order valence-corrected chi connectivity index (χ4v) is 6.25. The Kier molecular flexibility index (Phi) is 16.8. The van der Waals surface area contributed by atoms with Crippen molar-refractivity contribution in [3.63, 3.8) is 0 Å². The van der Waals surface area contributed by atoms with Crippen LogP contribution in [0, 0.1) is 6.92 Å². The minimum absolute atomic E-state index is 0.0825. The van der Waals surface area contributed by atoms with Gasteiger partial charge in [-0.15, -0.1) is 0 Å². The van der Waals surface area contributed by atoms with Gasteiger partial charge in [-0.05, 0) is 65.5 Å². The van der Waals surface area contributed by atoms with E-state index in [2.05, 4.69) is 65.3 Å². The van der Waals surface area contributed by atoms with Crippen molar-refractivity contribution >= 4 is 28.4 Å². The number of hydrogen-bond donors (Lipinski definition) is 3. The second-order valence-electron chi connectivity index (χ2n) is 13.1. The van der Waals surface area contributed by atoms with Crippen molar-refractivity contribution in [3.05, 3.63) is 190 Å². The summed E-state index contributed by atoms with van der Waals surface area (Å²) < 4.78 is 0. The molecule has 0 aromatic heterocycles. The van der Waals surface area contributed by atoms with Gasteiger partial charge in [-0.25, -0.2) is 0 Å². The topological polar surface area (TPSA) is 142 Å². The molecule has 0 heterocycles. The van der Waals surface area contributed by atoms with Crippen LogP contribution in [-0.2, 0) is 25.7 Å². The summed E-state index contributed by atoms with van der Waals surface area (Å²) in [5, 5.41) is 15.7. The largest absolute Gasteiger partial charge is 0.545 e. The number of aromatic carboxylic acids is 1. The molecule has 7 nitrogen and oxygen atoms in total. The molecule has 7 N–H and O–H groups in total. The average molecular weight is 723 g/mol. The first-order chi connectivity index (χ1) is 26.3. The minimum Gasteiger partial charge on any atom is -0.545 e. The molecule has 6 aromatic rings. The quantitative estimate of drug-likeness (QED) is 0.125. The zero-order valence-electron chi connectivity index (χ0n) is 31.3. The normalized spacial score (nSPS) is 10.4. The van der Waals surface area contributed by atoms with Gasteiger partial charge in [0, 0.05) is 47.9 Å². The lowest BCUT2D eigenvalue weighted by Crippen LogP contribution is -2.51. The summed E-state index contributed by atoms with van der Waals surface area (Å²) in [6.07, 6.45) is 4.53. The van der Waals surface area contributed by atoms with E-state index in [0.29, 0.717) is 35.9 Å². The highest BCUT2D eigenvalue weighted by atomic mass is 16.4. The number of Topliss-reactive ketones (excluding diaryl/α,β-unsaturated/α-hetero) is 1. The average Bonchev–Trinajstić information content (AvgIpc) is 3.20.